The van der Waals surface area contributed by atoms with E-state index in [1.54, 1.807) is 12.1 Å². The number of aromatic amines is 1. The van der Waals surface area contributed by atoms with Crippen LogP contribution in [0.4, 0.5) is 8.78 Å². The van der Waals surface area contributed by atoms with Crippen LogP contribution in [0.5, 0.6) is 0 Å². The number of aromatic nitrogens is 1. The van der Waals surface area contributed by atoms with Gasteiger partial charge in [0, 0.05) is 17.6 Å². The number of halogens is 2. The van der Waals surface area contributed by atoms with Crippen molar-refractivity contribution in [2.24, 2.45) is 0 Å². The van der Waals surface area contributed by atoms with Crippen molar-refractivity contribution in [3.63, 3.8) is 0 Å². The van der Waals surface area contributed by atoms with Crippen LogP contribution < -0.4 is 5.32 Å². The predicted molar refractivity (Wildman–Crippen MR) is 91.4 cm³/mol. The lowest BCUT2D eigenvalue weighted by atomic mass is 10.1. The predicted octanol–water partition coefficient (Wildman–Crippen LogP) is 3.53. The minimum atomic E-state index is -1.48. The molecular weight excluding hydrogens is 326 g/mol. The van der Waals surface area contributed by atoms with Crippen LogP contribution in [0.25, 0.3) is 10.9 Å². The SMILES string of the molecule is Cc1[nH]c2c(C(=O)NCC(O)c3c(F)cccc3F)cccc2c1C. The number of fused-ring (bicyclic) bond motifs is 1. The van der Waals surface area contributed by atoms with Gasteiger partial charge in [-0.05, 0) is 37.6 Å². The smallest absolute Gasteiger partial charge is 0.253 e. The molecule has 1 heterocycles. The zero-order valence-electron chi connectivity index (χ0n) is 13.9. The number of carbonyl (C=O) groups is 1. The van der Waals surface area contributed by atoms with Gasteiger partial charge in [-0.2, -0.15) is 0 Å². The number of hydrogen-bond donors (Lipinski definition) is 3. The molecule has 0 saturated carbocycles. The molecule has 25 heavy (non-hydrogen) atoms. The maximum atomic E-state index is 13.7. The topological polar surface area (TPSA) is 65.1 Å². The second kappa shape index (κ2) is 6.64. The first-order valence-corrected chi connectivity index (χ1v) is 7.88. The maximum absolute atomic E-state index is 13.7. The summed E-state index contributed by atoms with van der Waals surface area (Å²) in [4.78, 5) is 15.6. The van der Waals surface area contributed by atoms with Crippen molar-refractivity contribution in [3.05, 3.63) is 70.4 Å². The summed E-state index contributed by atoms with van der Waals surface area (Å²) in [6.45, 7) is 3.58. The van der Waals surface area contributed by atoms with E-state index in [1.165, 1.54) is 6.07 Å². The molecule has 0 aliphatic heterocycles. The summed E-state index contributed by atoms with van der Waals surface area (Å²) in [5.74, 6) is -2.12. The summed E-state index contributed by atoms with van der Waals surface area (Å²) in [6, 6.07) is 8.68. The Kier molecular flexibility index (Phi) is 4.55. The quantitative estimate of drug-likeness (QED) is 0.678. The van der Waals surface area contributed by atoms with Crippen LogP contribution in [0.15, 0.2) is 36.4 Å². The van der Waals surface area contributed by atoms with E-state index in [9.17, 15) is 18.7 Å². The molecule has 3 rings (SSSR count). The van der Waals surface area contributed by atoms with E-state index in [2.05, 4.69) is 10.3 Å². The summed E-state index contributed by atoms with van der Waals surface area (Å²) < 4.78 is 27.4. The lowest BCUT2D eigenvalue weighted by molar-refractivity contribution is 0.0913. The molecule has 0 saturated heterocycles. The second-order valence-electron chi connectivity index (χ2n) is 5.96. The Labute approximate surface area is 143 Å². The Morgan fingerprint density at radius 2 is 1.80 bits per heavy atom. The Bertz CT molecular complexity index is 930. The van der Waals surface area contributed by atoms with Gasteiger partial charge in [0.05, 0.1) is 16.6 Å². The number of aliphatic hydroxyl groups excluding tert-OH is 1. The minimum Gasteiger partial charge on any atom is -0.386 e. The molecule has 1 aromatic heterocycles. The summed E-state index contributed by atoms with van der Waals surface area (Å²) >= 11 is 0. The first-order chi connectivity index (χ1) is 11.9. The summed E-state index contributed by atoms with van der Waals surface area (Å²) in [5.41, 5.74) is 2.67. The van der Waals surface area contributed by atoms with Crippen molar-refractivity contribution >= 4 is 16.8 Å². The highest BCUT2D eigenvalue weighted by atomic mass is 19.1. The molecule has 3 N–H and O–H groups in total. The summed E-state index contributed by atoms with van der Waals surface area (Å²) in [6.07, 6.45) is -1.48. The Morgan fingerprint density at radius 1 is 1.16 bits per heavy atom. The van der Waals surface area contributed by atoms with E-state index in [1.807, 2.05) is 19.9 Å². The van der Waals surface area contributed by atoms with E-state index in [-0.39, 0.29) is 6.54 Å². The summed E-state index contributed by atoms with van der Waals surface area (Å²) in [7, 11) is 0. The first-order valence-electron chi connectivity index (χ1n) is 7.88. The highest BCUT2D eigenvalue weighted by Gasteiger charge is 2.20. The van der Waals surface area contributed by atoms with Gasteiger partial charge in [-0.25, -0.2) is 8.78 Å². The van der Waals surface area contributed by atoms with Gasteiger partial charge in [-0.15, -0.1) is 0 Å². The molecular formula is C19H18F2N2O2. The van der Waals surface area contributed by atoms with Crippen molar-refractivity contribution in [2.75, 3.05) is 6.54 Å². The Morgan fingerprint density at radius 3 is 2.48 bits per heavy atom. The number of benzene rings is 2. The van der Waals surface area contributed by atoms with Crippen molar-refractivity contribution in [2.45, 2.75) is 20.0 Å². The number of para-hydroxylation sites is 1. The van der Waals surface area contributed by atoms with Crippen molar-refractivity contribution < 1.29 is 18.7 Å². The molecule has 1 unspecified atom stereocenters. The largest absolute Gasteiger partial charge is 0.386 e. The third kappa shape index (κ3) is 3.13. The van der Waals surface area contributed by atoms with Crippen molar-refractivity contribution in [1.82, 2.24) is 10.3 Å². The van der Waals surface area contributed by atoms with Gasteiger partial charge in [0.2, 0.25) is 0 Å². The van der Waals surface area contributed by atoms with Gasteiger partial charge in [-0.3, -0.25) is 4.79 Å². The number of aliphatic hydroxyl groups is 1. The fourth-order valence-corrected chi connectivity index (χ4v) is 2.89. The Hall–Kier alpha value is -2.73. The van der Waals surface area contributed by atoms with E-state index in [4.69, 9.17) is 0 Å². The van der Waals surface area contributed by atoms with E-state index in [0.29, 0.717) is 11.1 Å². The average Bonchev–Trinajstić information content (AvgIpc) is 2.87. The van der Waals surface area contributed by atoms with Gasteiger partial charge in [0.25, 0.3) is 5.91 Å². The van der Waals surface area contributed by atoms with Crippen LogP contribution >= 0.6 is 0 Å². The van der Waals surface area contributed by atoms with Crippen LogP contribution in [0.3, 0.4) is 0 Å². The molecule has 3 aromatic rings. The average molecular weight is 344 g/mol. The standard InChI is InChI=1S/C19H18F2N2O2/c1-10-11(2)23-18-12(10)5-3-6-13(18)19(25)22-9-16(24)17-14(20)7-4-8-15(17)21/h3-8,16,23-24H,9H2,1-2H3,(H,22,25). The van der Waals surface area contributed by atoms with E-state index >= 15 is 0 Å². The molecule has 0 radical (unpaired) electrons. The van der Waals surface area contributed by atoms with Crippen LogP contribution in [0.2, 0.25) is 0 Å². The lowest BCUT2D eigenvalue weighted by Gasteiger charge is -2.14. The number of hydrogen-bond acceptors (Lipinski definition) is 2. The Balaban J connectivity index is 1.81. The zero-order chi connectivity index (χ0) is 18.1. The van der Waals surface area contributed by atoms with Gasteiger partial charge < -0.3 is 15.4 Å². The molecule has 2 aromatic carbocycles. The first kappa shape index (κ1) is 17.1. The lowest BCUT2D eigenvalue weighted by Crippen LogP contribution is -2.29. The molecule has 0 spiro atoms. The molecule has 0 aliphatic carbocycles. The molecule has 130 valence electrons. The number of H-pyrrole nitrogens is 1. The van der Waals surface area contributed by atoms with E-state index < -0.39 is 29.2 Å². The normalized spacial score (nSPS) is 12.4. The van der Waals surface area contributed by atoms with Crippen LogP contribution in [-0.2, 0) is 0 Å². The third-order valence-corrected chi connectivity index (χ3v) is 4.38. The van der Waals surface area contributed by atoms with Gasteiger partial charge in [-0.1, -0.05) is 18.2 Å². The van der Waals surface area contributed by atoms with Gasteiger partial charge in [0.1, 0.15) is 17.7 Å². The second-order valence-corrected chi connectivity index (χ2v) is 5.96. The number of amides is 1. The third-order valence-electron chi connectivity index (χ3n) is 4.38. The van der Waals surface area contributed by atoms with Crippen LogP contribution in [0, 0.1) is 25.5 Å². The number of rotatable bonds is 4. The molecule has 0 bridgehead atoms. The minimum absolute atomic E-state index is 0.300. The molecule has 0 aliphatic rings. The molecule has 4 nitrogen and oxygen atoms in total. The molecule has 0 fully saturated rings. The highest BCUT2D eigenvalue weighted by Crippen LogP contribution is 2.24. The molecule has 6 heteroatoms. The monoisotopic (exact) mass is 344 g/mol. The molecule has 1 atom stereocenters. The fourth-order valence-electron chi connectivity index (χ4n) is 2.89. The number of carbonyl (C=O) groups excluding carboxylic acids is 1. The van der Waals surface area contributed by atoms with Crippen molar-refractivity contribution in [3.8, 4) is 0 Å². The molecule has 1 amide bonds. The maximum Gasteiger partial charge on any atom is 0.253 e. The van der Waals surface area contributed by atoms with Crippen LogP contribution in [-0.4, -0.2) is 22.5 Å². The van der Waals surface area contributed by atoms with Crippen LogP contribution in [0.1, 0.15) is 33.3 Å². The van der Waals surface area contributed by atoms with Gasteiger partial charge in [0.15, 0.2) is 0 Å². The zero-order valence-corrected chi connectivity index (χ0v) is 13.9. The number of aryl methyl sites for hydroxylation is 2. The highest BCUT2D eigenvalue weighted by molar-refractivity contribution is 6.06. The summed E-state index contributed by atoms with van der Waals surface area (Å²) in [5, 5.41) is 13.5. The number of nitrogens with one attached hydrogen (secondary N) is 2. The fraction of sp³-hybridized carbons (Fsp3) is 0.211. The van der Waals surface area contributed by atoms with E-state index in [0.717, 1.165) is 28.8 Å². The van der Waals surface area contributed by atoms with Gasteiger partial charge >= 0.3 is 0 Å². The van der Waals surface area contributed by atoms with Crippen molar-refractivity contribution in [1.29, 1.82) is 0 Å².